The van der Waals surface area contributed by atoms with Gasteiger partial charge in [-0.1, -0.05) is 72.8 Å². The molecule has 2 aromatic heterocycles. The molecular formula is C42H46N6O4. The summed E-state index contributed by atoms with van der Waals surface area (Å²) in [5, 5.41) is 2.23. The third-order valence-electron chi connectivity index (χ3n) is 9.26. The molecule has 2 saturated heterocycles. The van der Waals surface area contributed by atoms with Crippen molar-refractivity contribution >= 4 is 23.0 Å². The molecule has 268 valence electrons. The molecule has 10 heteroatoms. The monoisotopic (exact) mass is 698 g/mol. The zero-order valence-electron chi connectivity index (χ0n) is 30.7. The quantitative estimate of drug-likeness (QED) is 0.177. The van der Waals surface area contributed by atoms with Crippen molar-refractivity contribution in [2.45, 2.75) is 77.7 Å². The second-order valence-electron chi connectivity index (χ2n) is 15.9. The average molecular weight is 699 g/mol. The maximum absolute atomic E-state index is 12.9. The highest BCUT2D eigenvalue weighted by Crippen LogP contribution is 2.37. The van der Waals surface area contributed by atoms with E-state index in [9.17, 15) is 9.59 Å². The smallest absolute Gasteiger partial charge is 0.411 e. The van der Waals surface area contributed by atoms with E-state index in [1.807, 2.05) is 53.9 Å². The van der Waals surface area contributed by atoms with Gasteiger partial charge in [-0.25, -0.2) is 19.6 Å². The van der Waals surface area contributed by atoms with Crippen LogP contribution in [0.4, 0.5) is 9.59 Å². The van der Waals surface area contributed by atoms with Gasteiger partial charge in [-0.3, -0.25) is 9.80 Å². The van der Waals surface area contributed by atoms with Gasteiger partial charge in [-0.2, -0.15) is 0 Å². The van der Waals surface area contributed by atoms with Crippen LogP contribution in [-0.4, -0.2) is 66.2 Å². The predicted octanol–water partition coefficient (Wildman–Crippen LogP) is 9.76. The number of nitrogens with one attached hydrogen (secondary N) is 2. The molecule has 52 heavy (non-hydrogen) atoms. The number of hydrogen-bond acceptors (Lipinski definition) is 6. The maximum Gasteiger partial charge on any atom is 0.411 e. The van der Waals surface area contributed by atoms with Crippen LogP contribution in [-0.2, 0) is 9.47 Å². The van der Waals surface area contributed by atoms with Crippen LogP contribution in [0.15, 0.2) is 97.4 Å². The third kappa shape index (κ3) is 7.37. The van der Waals surface area contributed by atoms with Crippen LogP contribution < -0.4 is 0 Å². The highest BCUT2D eigenvalue weighted by molar-refractivity contribution is 5.90. The molecule has 0 bridgehead atoms. The normalized spacial score (nSPS) is 18.0. The van der Waals surface area contributed by atoms with Crippen LogP contribution in [0, 0.1) is 0 Å². The van der Waals surface area contributed by atoms with Gasteiger partial charge < -0.3 is 19.4 Å². The molecule has 0 spiro atoms. The summed E-state index contributed by atoms with van der Waals surface area (Å²) in [4.78, 5) is 45.5. The van der Waals surface area contributed by atoms with Crippen molar-refractivity contribution in [3.05, 3.63) is 109 Å². The predicted molar refractivity (Wildman–Crippen MR) is 203 cm³/mol. The minimum absolute atomic E-state index is 0.244. The Hall–Kier alpha value is -5.64. The zero-order chi connectivity index (χ0) is 36.9. The number of aromatic amines is 2. The van der Waals surface area contributed by atoms with Crippen LogP contribution in [0.5, 0.6) is 0 Å². The first-order chi connectivity index (χ1) is 24.6. The number of ether oxygens (including phenoxy) is 2. The van der Waals surface area contributed by atoms with Crippen molar-refractivity contribution in [3.63, 3.8) is 0 Å². The SMILES string of the molecule is C=C1CC(c2ncc(-c3ccc(-c4ccc5cc(-c6cnc(C7CC(=C)CN7C(=O)OC(C)(C)C)[nH]6)ccc5c4)cc3)[nH]2)N(C(=O)OC(C)(C)C)C1. The van der Waals surface area contributed by atoms with Crippen LogP contribution in [0.25, 0.3) is 44.4 Å². The summed E-state index contributed by atoms with van der Waals surface area (Å²) in [5.74, 6) is 1.44. The third-order valence-corrected chi connectivity index (χ3v) is 9.26. The molecule has 0 radical (unpaired) electrons. The summed E-state index contributed by atoms with van der Waals surface area (Å²) < 4.78 is 11.3. The fraction of sp³-hybridized carbons (Fsp3) is 0.333. The lowest BCUT2D eigenvalue weighted by molar-refractivity contribution is 0.0211. The first-order valence-corrected chi connectivity index (χ1v) is 17.7. The fourth-order valence-electron chi connectivity index (χ4n) is 6.85. The van der Waals surface area contributed by atoms with E-state index < -0.39 is 11.2 Å². The lowest BCUT2D eigenvalue weighted by atomic mass is 9.98. The largest absolute Gasteiger partial charge is 0.444 e. The Labute approximate surface area is 304 Å². The molecule has 10 nitrogen and oxygen atoms in total. The van der Waals surface area contributed by atoms with Crippen molar-refractivity contribution in [2.24, 2.45) is 0 Å². The van der Waals surface area contributed by atoms with Gasteiger partial charge in [0.15, 0.2) is 0 Å². The highest BCUT2D eigenvalue weighted by Gasteiger charge is 2.38. The van der Waals surface area contributed by atoms with Crippen molar-refractivity contribution in [2.75, 3.05) is 13.1 Å². The number of amides is 2. The number of hydrogen-bond donors (Lipinski definition) is 2. The van der Waals surface area contributed by atoms with Gasteiger partial charge >= 0.3 is 12.2 Å². The second-order valence-corrected chi connectivity index (χ2v) is 15.9. The van der Waals surface area contributed by atoms with Crippen LogP contribution in [0.3, 0.4) is 0 Å². The number of carbonyl (C=O) groups excluding carboxylic acids is 2. The zero-order valence-corrected chi connectivity index (χ0v) is 30.7. The summed E-state index contributed by atoms with van der Waals surface area (Å²) in [6.45, 7) is 20.3. The van der Waals surface area contributed by atoms with Crippen LogP contribution in [0.2, 0.25) is 0 Å². The number of H-pyrrole nitrogens is 2. The molecule has 7 rings (SSSR count). The number of fused-ring (bicyclic) bond motifs is 1. The van der Waals surface area contributed by atoms with E-state index in [4.69, 9.17) is 9.47 Å². The van der Waals surface area contributed by atoms with E-state index in [1.54, 1.807) is 9.80 Å². The Kier molecular flexibility index (Phi) is 8.80. The van der Waals surface area contributed by atoms with Gasteiger partial charge in [0, 0.05) is 18.7 Å². The molecular weight excluding hydrogens is 653 g/mol. The Morgan fingerprint density at radius 3 is 1.52 bits per heavy atom. The van der Waals surface area contributed by atoms with Crippen LogP contribution in [0.1, 0.15) is 78.1 Å². The van der Waals surface area contributed by atoms with E-state index in [0.29, 0.717) is 25.9 Å². The Morgan fingerprint density at radius 2 is 1.04 bits per heavy atom. The lowest BCUT2D eigenvalue weighted by Gasteiger charge is -2.27. The van der Waals surface area contributed by atoms with E-state index in [1.165, 1.54) is 0 Å². The maximum atomic E-state index is 12.9. The minimum Gasteiger partial charge on any atom is -0.444 e. The molecule has 3 aromatic carbocycles. The lowest BCUT2D eigenvalue weighted by Crippen LogP contribution is -2.36. The Morgan fingerprint density at radius 1 is 0.635 bits per heavy atom. The standard InChI is InChI=1S/C42H46N6O4/c1-25-17-35(47(23-25)39(49)51-41(3,4)5)37-43-21-33(45-37)28-11-9-27(10-12-28)29-13-14-31-20-32(16-15-30(31)19-29)34-22-44-38(46-34)36-18-26(2)24-48(36)40(50)52-42(6,7)8/h9-16,19-22,35-36H,1-2,17-18,23-24H2,3-8H3,(H,43,45)(H,44,46). The van der Waals surface area contributed by atoms with Crippen molar-refractivity contribution in [1.82, 2.24) is 29.7 Å². The first-order valence-electron chi connectivity index (χ1n) is 17.7. The van der Waals surface area contributed by atoms with Gasteiger partial charge in [-0.15, -0.1) is 0 Å². The second kappa shape index (κ2) is 13.2. The number of imidazole rings is 2. The number of carbonyl (C=O) groups is 2. The first kappa shape index (κ1) is 34.8. The average Bonchev–Trinajstić information content (AvgIpc) is 3.89. The topological polar surface area (TPSA) is 116 Å². The number of nitrogens with zero attached hydrogens (tertiary/aromatic N) is 4. The van der Waals surface area contributed by atoms with E-state index >= 15 is 0 Å². The molecule has 2 unspecified atom stereocenters. The number of aromatic nitrogens is 4. The Balaban J connectivity index is 1.05. The summed E-state index contributed by atoms with van der Waals surface area (Å²) in [6.07, 6.45) is 4.20. The highest BCUT2D eigenvalue weighted by atomic mass is 16.6. The molecule has 0 aliphatic carbocycles. The fourth-order valence-corrected chi connectivity index (χ4v) is 6.85. The summed E-state index contributed by atoms with van der Waals surface area (Å²) in [5.41, 5.74) is 6.78. The molecule has 2 amide bonds. The molecule has 2 atom stereocenters. The molecule has 2 aliphatic rings. The van der Waals surface area contributed by atoms with Crippen LogP contribution >= 0.6 is 0 Å². The minimum atomic E-state index is -0.583. The molecule has 2 N–H and O–H groups in total. The van der Waals surface area contributed by atoms with Crippen molar-refractivity contribution in [3.8, 4) is 33.6 Å². The van der Waals surface area contributed by atoms with Gasteiger partial charge in [0.25, 0.3) is 0 Å². The molecule has 2 fully saturated rings. The van der Waals surface area contributed by atoms with E-state index in [0.717, 1.165) is 67.2 Å². The van der Waals surface area contributed by atoms with Crippen molar-refractivity contribution in [1.29, 1.82) is 0 Å². The van der Waals surface area contributed by atoms with E-state index in [-0.39, 0.29) is 24.3 Å². The number of benzene rings is 3. The van der Waals surface area contributed by atoms with Gasteiger partial charge in [0.2, 0.25) is 0 Å². The summed E-state index contributed by atoms with van der Waals surface area (Å²) in [7, 11) is 0. The molecule has 4 heterocycles. The van der Waals surface area contributed by atoms with Gasteiger partial charge in [0.1, 0.15) is 22.9 Å². The molecule has 0 saturated carbocycles. The number of likely N-dealkylation sites (tertiary alicyclic amines) is 2. The van der Waals surface area contributed by atoms with Gasteiger partial charge in [-0.05, 0) is 94.0 Å². The van der Waals surface area contributed by atoms with Crippen molar-refractivity contribution < 1.29 is 19.1 Å². The summed E-state index contributed by atoms with van der Waals surface area (Å²) >= 11 is 0. The molecule has 5 aromatic rings. The molecule has 2 aliphatic heterocycles. The number of rotatable bonds is 5. The van der Waals surface area contributed by atoms with Gasteiger partial charge in [0.05, 0.1) is 35.9 Å². The van der Waals surface area contributed by atoms with E-state index in [2.05, 4.69) is 93.8 Å². The Bertz CT molecular complexity index is 2180. The summed E-state index contributed by atoms with van der Waals surface area (Å²) in [6, 6.07) is 20.7.